The minimum absolute atomic E-state index is 0.133. The SMILES string of the molecule is CCC(=O)Nc1ccc(N2CCN(c3cc(C)ccc3C)CC2)c(C(=O)O)c1. The average Bonchev–Trinajstić information content (AvgIpc) is 2.70. The first kappa shape index (κ1) is 19.7. The van der Waals surface area contributed by atoms with Gasteiger partial charge in [-0.3, -0.25) is 4.79 Å². The molecule has 0 atom stereocenters. The van der Waals surface area contributed by atoms with E-state index in [1.807, 2.05) is 0 Å². The van der Waals surface area contributed by atoms with Crippen molar-refractivity contribution in [1.82, 2.24) is 0 Å². The Morgan fingerprint density at radius 3 is 2.21 bits per heavy atom. The summed E-state index contributed by atoms with van der Waals surface area (Å²) in [5.41, 5.74) is 5.16. The predicted octanol–water partition coefficient (Wildman–Crippen LogP) is 3.68. The van der Waals surface area contributed by atoms with Gasteiger partial charge < -0.3 is 20.2 Å². The predicted molar refractivity (Wildman–Crippen MR) is 113 cm³/mol. The number of hydrogen-bond acceptors (Lipinski definition) is 4. The molecule has 0 aromatic heterocycles. The number of carboxylic acid groups (broad SMARTS) is 1. The standard InChI is InChI=1S/C22H27N3O3/c1-4-21(26)23-17-7-8-19(18(14-17)22(27)28)24-9-11-25(12-10-24)20-13-15(2)5-6-16(20)3/h5-8,13-14H,4,9-12H2,1-3H3,(H,23,26)(H,27,28). The summed E-state index contributed by atoms with van der Waals surface area (Å²) in [5, 5.41) is 12.4. The number of hydrogen-bond donors (Lipinski definition) is 2. The van der Waals surface area contributed by atoms with Crippen molar-refractivity contribution in [3.63, 3.8) is 0 Å². The molecular formula is C22H27N3O3. The zero-order valence-corrected chi connectivity index (χ0v) is 16.7. The van der Waals surface area contributed by atoms with Crippen LogP contribution in [-0.4, -0.2) is 43.2 Å². The summed E-state index contributed by atoms with van der Waals surface area (Å²) in [6, 6.07) is 11.6. The number of nitrogens with zero attached hydrogens (tertiary/aromatic N) is 2. The fourth-order valence-electron chi connectivity index (χ4n) is 3.56. The van der Waals surface area contributed by atoms with Gasteiger partial charge in [-0.05, 0) is 49.2 Å². The Labute approximate surface area is 165 Å². The number of aryl methyl sites for hydroxylation is 2. The van der Waals surface area contributed by atoms with Crippen LogP contribution in [0, 0.1) is 13.8 Å². The maximum atomic E-state index is 11.8. The quantitative estimate of drug-likeness (QED) is 0.827. The molecule has 6 nitrogen and oxygen atoms in total. The Morgan fingerprint density at radius 1 is 0.964 bits per heavy atom. The minimum Gasteiger partial charge on any atom is -0.478 e. The van der Waals surface area contributed by atoms with Gasteiger partial charge >= 0.3 is 5.97 Å². The third-order valence-electron chi connectivity index (χ3n) is 5.16. The zero-order valence-electron chi connectivity index (χ0n) is 16.7. The van der Waals surface area contributed by atoms with Crippen LogP contribution >= 0.6 is 0 Å². The molecule has 0 spiro atoms. The monoisotopic (exact) mass is 381 g/mol. The van der Waals surface area contributed by atoms with Crippen LogP contribution in [0.2, 0.25) is 0 Å². The van der Waals surface area contributed by atoms with Crippen molar-refractivity contribution in [3.05, 3.63) is 53.1 Å². The number of anilines is 3. The third-order valence-corrected chi connectivity index (χ3v) is 5.16. The molecule has 6 heteroatoms. The van der Waals surface area contributed by atoms with Gasteiger partial charge in [0.2, 0.25) is 5.91 Å². The van der Waals surface area contributed by atoms with E-state index in [0.29, 0.717) is 17.8 Å². The molecule has 2 aromatic carbocycles. The van der Waals surface area contributed by atoms with Crippen LogP contribution in [0.3, 0.4) is 0 Å². The smallest absolute Gasteiger partial charge is 0.337 e. The van der Waals surface area contributed by atoms with Crippen LogP contribution in [0.4, 0.5) is 17.1 Å². The Hall–Kier alpha value is -3.02. The number of rotatable bonds is 5. The Kier molecular flexibility index (Phi) is 5.87. The summed E-state index contributed by atoms with van der Waals surface area (Å²) in [6.45, 7) is 9.12. The second kappa shape index (κ2) is 8.33. The minimum atomic E-state index is -0.987. The first-order chi connectivity index (χ1) is 13.4. The Bertz CT molecular complexity index is 887. The number of carboxylic acids is 1. The van der Waals surface area contributed by atoms with Crippen molar-refractivity contribution < 1.29 is 14.7 Å². The van der Waals surface area contributed by atoms with E-state index >= 15 is 0 Å². The summed E-state index contributed by atoms with van der Waals surface area (Å²) >= 11 is 0. The van der Waals surface area contributed by atoms with Crippen LogP contribution in [0.5, 0.6) is 0 Å². The molecule has 2 N–H and O–H groups in total. The largest absolute Gasteiger partial charge is 0.478 e. The van der Waals surface area contributed by atoms with Gasteiger partial charge in [0.25, 0.3) is 0 Å². The summed E-state index contributed by atoms with van der Waals surface area (Å²) in [7, 11) is 0. The lowest BCUT2D eigenvalue weighted by atomic mass is 10.1. The number of benzene rings is 2. The summed E-state index contributed by atoms with van der Waals surface area (Å²) in [6.07, 6.45) is 0.352. The van der Waals surface area contributed by atoms with Crippen LogP contribution in [0.25, 0.3) is 0 Å². The maximum Gasteiger partial charge on any atom is 0.337 e. The van der Waals surface area contributed by atoms with Gasteiger partial charge in [0.15, 0.2) is 0 Å². The van der Waals surface area contributed by atoms with Crippen molar-refractivity contribution in [2.45, 2.75) is 27.2 Å². The van der Waals surface area contributed by atoms with Crippen molar-refractivity contribution in [2.75, 3.05) is 41.3 Å². The van der Waals surface area contributed by atoms with Crippen LogP contribution < -0.4 is 15.1 Å². The fraction of sp³-hybridized carbons (Fsp3) is 0.364. The van der Waals surface area contributed by atoms with Crippen molar-refractivity contribution in [2.24, 2.45) is 0 Å². The molecule has 3 rings (SSSR count). The lowest BCUT2D eigenvalue weighted by molar-refractivity contribution is -0.115. The topological polar surface area (TPSA) is 72.9 Å². The molecular weight excluding hydrogens is 354 g/mol. The Balaban J connectivity index is 1.77. The van der Waals surface area contributed by atoms with Crippen molar-refractivity contribution in [3.8, 4) is 0 Å². The van der Waals surface area contributed by atoms with Crippen LogP contribution in [0.1, 0.15) is 34.8 Å². The summed E-state index contributed by atoms with van der Waals surface area (Å²) in [4.78, 5) is 27.9. The molecule has 1 amide bonds. The van der Waals surface area contributed by atoms with Gasteiger partial charge in [-0.25, -0.2) is 4.79 Å². The van der Waals surface area contributed by atoms with E-state index < -0.39 is 5.97 Å². The molecule has 1 saturated heterocycles. The third kappa shape index (κ3) is 4.27. The maximum absolute atomic E-state index is 11.8. The van der Waals surface area contributed by atoms with Gasteiger partial charge in [-0.15, -0.1) is 0 Å². The van der Waals surface area contributed by atoms with E-state index in [9.17, 15) is 14.7 Å². The second-order valence-electron chi connectivity index (χ2n) is 7.20. The molecule has 148 valence electrons. The second-order valence-corrected chi connectivity index (χ2v) is 7.20. The van der Waals surface area contributed by atoms with Gasteiger partial charge in [-0.2, -0.15) is 0 Å². The van der Waals surface area contributed by atoms with E-state index in [0.717, 1.165) is 26.2 Å². The molecule has 1 fully saturated rings. The number of piperazine rings is 1. The summed E-state index contributed by atoms with van der Waals surface area (Å²) in [5.74, 6) is -1.12. The van der Waals surface area contributed by atoms with Gasteiger partial charge in [0, 0.05) is 44.0 Å². The summed E-state index contributed by atoms with van der Waals surface area (Å²) < 4.78 is 0. The molecule has 1 aliphatic rings. The van der Waals surface area contributed by atoms with Crippen LogP contribution in [-0.2, 0) is 4.79 Å². The van der Waals surface area contributed by atoms with Crippen molar-refractivity contribution >= 4 is 28.9 Å². The highest BCUT2D eigenvalue weighted by Crippen LogP contribution is 2.28. The fourth-order valence-corrected chi connectivity index (χ4v) is 3.56. The number of carbonyl (C=O) groups excluding carboxylic acids is 1. The van der Waals surface area contributed by atoms with E-state index in [4.69, 9.17) is 0 Å². The zero-order chi connectivity index (χ0) is 20.3. The lowest BCUT2D eigenvalue weighted by Crippen LogP contribution is -2.47. The first-order valence-electron chi connectivity index (χ1n) is 9.63. The number of amides is 1. The van der Waals surface area contributed by atoms with Gasteiger partial charge in [0.1, 0.15) is 0 Å². The van der Waals surface area contributed by atoms with Gasteiger partial charge in [0.05, 0.1) is 11.3 Å². The number of aromatic carboxylic acids is 1. The van der Waals surface area contributed by atoms with E-state index in [1.165, 1.54) is 16.8 Å². The molecule has 0 saturated carbocycles. The highest BCUT2D eigenvalue weighted by molar-refractivity contribution is 5.98. The molecule has 0 radical (unpaired) electrons. The highest BCUT2D eigenvalue weighted by Gasteiger charge is 2.23. The van der Waals surface area contributed by atoms with E-state index in [2.05, 4.69) is 47.2 Å². The molecule has 1 aliphatic heterocycles. The molecule has 0 unspecified atom stereocenters. The van der Waals surface area contributed by atoms with E-state index in [-0.39, 0.29) is 11.5 Å². The number of nitrogens with one attached hydrogen (secondary N) is 1. The molecule has 0 aliphatic carbocycles. The highest BCUT2D eigenvalue weighted by atomic mass is 16.4. The normalized spacial score (nSPS) is 14.1. The molecule has 28 heavy (non-hydrogen) atoms. The molecule has 0 bridgehead atoms. The first-order valence-corrected chi connectivity index (χ1v) is 9.63. The molecule has 1 heterocycles. The van der Waals surface area contributed by atoms with E-state index in [1.54, 1.807) is 25.1 Å². The van der Waals surface area contributed by atoms with Crippen molar-refractivity contribution in [1.29, 1.82) is 0 Å². The molecule has 2 aromatic rings. The lowest BCUT2D eigenvalue weighted by Gasteiger charge is -2.38. The Morgan fingerprint density at radius 2 is 1.61 bits per heavy atom. The number of carbonyl (C=O) groups is 2. The van der Waals surface area contributed by atoms with Crippen LogP contribution in [0.15, 0.2) is 36.4 Å². The van der Waals surface area contributed by atoms with Gasteiger partial charge in [-0.1, -0.05) is 19.1 Å². The average molecular weight is 381 g/mol.